The standard InChI is InChI=1S/C19H20N6O3S/c1-13-6-7-18-20-21-19(25(18)22-13)14-8-10-24(11-9-14)29(26,27)12-16-15-4-2-3-5-17(15)28-23-16/h2-7,14H,8-12H2,1H3. The summed E-state index contributed by atoms with van der Waals surface area (Å²) in [5.41, 5.74) is 2.64. The number of nitrogens with zero attached hydrogens (tertiary/aromatic N) is 6. The molecule has 1 aliphatic rings. The molecule has 1 aromatic carbocycles. The van der Waals surface area contributed by atoms with Crippen molar-refractivity contribution in [2.75, 3.05) is 13.1 Å². The van der Waals surface area contributed by atoms with E-state index in [1.807, 2.05) is 37.3 Å². The number of piperidine rings is 1. The SMILES string of the molecule is Cc1ccc2nnc(C3CCN(S(=O)(=O)Cc4noc5ccccc45)CC3)n2n1. The van der Waals surface area contributed by atoms with Crippen molar-refractivity contribution in [2.24, 2.45) is 0 Å². The van der Waals surface area contributed by atoms with Crippen molar-refractivity contribution in [1.29, 1.82) is 0 Å². The monoisotopic (exact) mass is 412 g/mol. The molecule has 0 atom stereocenters. The molecule has 0 radical (unpaired) electrons. The summed E-state index contributed by atoms with van der Waals surface area (Å²) in [6.07, 6.45) is 1.35. The van der Waals surface area contributed by atoms with Gasteiger partial charge in [0.15, 0.2) is 17.1 Å². The van der Waals surface area contributed by atoms with Crippen LogP contribution in [0.1, 0.15) is 36.0 Å². The quantitative estimate of drug-likeness (QED) is 0.506. The van der Waals surface area contributed by atoms with Gasteiger partial charge in [-0.15, -0.1) is 10.2 Å². The van der Waals surface area contributed by atoms with Crippen LogP contribution in [-0.4, -0.2) is 50.8 Å². The van der Waals surface area contributed by atoms with Crippen LogP contribution in [0.3, 0.4) is 0 Å². The first-order chi connectivity index (χ1) is 14.0. The lowest BCUT2D eigenvalue weighted by Gasteiger charge is -2.30. The van der Waals surface area contributed by atoms with E-state index in [0.717, 1.165) is 16.9 Å². The summed E-state index contributed by atoms with van der Waals surface area (Å²) < 4.78 is 34.4. The number of aryl methyl sites for hydroxylation is 1. The lowest BCUT2D eigenvalue weighted by atomic mass is 9.97. The average Bonchev–Trinajstić information content (AvgIpc) is 3.32. The lowest BCUT2D eigenvalue weighted by molar-refractivity contribution is 0.310. The molecule has 9 nitrogen and oxygen atoms in total. The van der Waals surface area contributed by atoms with Crippen molar-refractivity contribution >= 4 is 26.6 Å². The van der Waals surface area contributed by atoms with Gasteiger partial charge in [-0.1, -0.05) is 17.3 Å². The molecule has 1 fully saturated rings. The summed E-state index contributed by atoms with van der Waals surface area (Å²) in [4.78, 5) is 0. The zero-order chi connectivity index (χ0) is 20.0. The molecular formula is C19H20N6O3S. The zero-order valence-electron chi connectivity index (χ0n) is 15.9. The molecule has 4 heterocycles. The van der Waals surface area contributed by atoms with Gasteiger partial charge in [0.2, 0.25) is 10.0 Å². The van der Waals surface area contributed by atoms with Crippen LogP contribution in [0.5, 0.6) is 0 Å². The van der Waals surface area contributed by atoms with Crippen LogP contribution >= 0.6 is 0 Å². The van der Waals surface area contributed by atoms with E-state index in [1.165, 1.54) is 4.31 Å². The number of sulfonamides is 1. The van der Waals surface area contributed by atoms with Gasteiger partial charge < -0.3 is 4.52 Å². The number of fused-ring (bicyclic) bond motifs is 2. The first kappa shape index (κ1) is 18.2. The summed E-state index contributed by atoms with van der Waals surface area (Å²) in [7, 11) is -3.49. The van der Waals surface area contributed by atoms with E-state index in [1.54, 1.807) is 10.6 Å². The van der Waals surface area contributed by atoms with Gasteiger partial charge in [0.1, 0.15) is 11.4 Å². The maximum Gasteiger partial charge on any atom is 0.220 e. The minimum atomic E-state index is -3.49. The fourth-order valence-electron chi connectivity index (χ4n) is 3.85. The topological polar surface area (TPSA) is 106 Å². The molecule has 0 saturated carbocycles. The highest BCUT2D eigenvalue weighted by Crippen LogP contribution is 2.29. The van der Waals surface area contributed by atoms with Gasteiger partial charge in [-0.05, 0) is 44.0 Å². The highest BCUT2D eigenvalue weighted by atomic mass is 32.2. The van der Waals surface area contributed by atoms with Crippen molar-refractivity contribution in [3.63, 3.8) is 0 Å². The van der Waals surface area contributed by atoms with Crippen molar-refractivity contribution in [3.05, 3.63) is 53.6 Å². The number of para-hydroxylation sites is 1. The Balaban J connectivity index is 1.32. The molecule has 4 aromatic rings. The zero-order valence-corrected chi connectivity index (χ0v) is 16.7. The molecule has 10 heteroatoms. The fraction of sp³-hybridized carbons (Fsp3) is 0.368. The Bertz CT molecular complexity index is 1290. The van der Waals surface area contributed by atoms with Crippen LogP contribution in [0.25, 0.3) is 16.6 Å². The minimum absolute atomic E-state index is 0.124. The Labute approximate surface area is 167 Å². The van der Waals surface area contributed by atoms with Gasteiger partial charge in [0.25, 0.3) is 0 Å². The molecule has 5 rings (SSSR count). The van der Waals surface area contributed by atoms with E-state index < -0.39 is 10.0 Å². The molecule has 0 aliphatic carbocycles. The molecule has 0 amide bonds. The predicted octanol–water partition coefficient (Wildman–Crippen LogP) is 2.28. The van der Waals surface area contributed by atoms with E-state index in [2.05, 4.69) is 20.5 Å². The van der Waals surface area contributed by atoms with Crippen molar-refractivity contribution < 1.29 is 12.9 Å². The van der Waals surface area contributed by atoms with Gasteiger partial charge in [-0.2, -0.15) is 9.61 Å². The molecular weight excluding hydrogens is 392 g/mol. The van der Waals surface area contributed by atoms with Gasteiger partial charge in [0.05, 0.1) is 5.69 Å². The van der Waals surface area contributed by atoms with Crippen LogP contribution in [0.4, 0.5) is 0 Å². The van der Waals surface area contributed by atoms with E-state index in [4.69, 9.17) is 4.52 Å². The smallest absolute Gasteiger partial charge is 0.220 e. The first-order valence-corrected chi connectivity index (χ1v) is 11.1. The number of aromatic nitrogens is 5. The highest BCUT2D eigenvalue weighted by molar-refractivity contribution is 7.88. The lowest BCUT2D eigenvalue weighted by Crippen LogP contribution is -2.39. The summed E-state index contributed by atoms with van der Waals surface area (Å²) in [6.45, 7) is 2.79. The number of hydrogen-bond acceptors (Lipinski definition) is 7. The second kappa shape index (κ2) is 6.89. The predicted molar refractivity (Wildman–Crippen MR) is 106 cm³/mol. The van der Waals surface area contributed by atoms with Crippen molar-refractivity contribution in [3.8, 4) is 0 Å². The first-order valence-electron chi connectivity index (χ1n) is 9.51. The summed E-state index contributed by atoms with van der Waals surface area (Å²) >= 11 is 0. The van der Waals surface area contributed by atoms with Crippen LogP contribution < -0.4 is 0 Å². The van der Waals surface area contributed by atoms with E-state index in [-0.39, 0.29) is 11.7 Å². The summed E-state index contributed by atoms with van der Waals surface area (Å²) in [5, 5.41) is 17.7. The van der Waals surface area contributed by atoms with E-state index in [0.29, 0.717) is 42.9 Å². The Morgan fingerprint density at radius 2 is 1.90 bits per heavy atom. The Morgan fingerprint density at radius 1 is 1.10 bits per heavy atom. The van der Waals surface area contributed by atoms with Crippen molar-refractivity contribution in [2.45, 2.75) is 31.4 Å². The van der Waals surface area contributed by atoms with Crippen molar-refractivity contribution in [1.82, 2.24) is 29.3 Å². The van der Waals surface area contributed by atoms with Crippen LogP contribution in [0, 0.1) is 6.92 Å². The van der Waals surface area contributed by atoms with Crippen LogP contribution in [-0.2, 0) is 15.8 Å². The number of rotatable bonds is 4. The molecule has 1 aliphatic heterocycles. The molecule has 150 valence electrons. The average molecular weight is 412 g/mol. The van der Waals surface area contributed by atoms with Gasteiger partial charge in [-0.3, -0.25) is 0 Å². The maximum atomic E-state index is 12.9. The second-order valence-corrected chi connectivity index (χ2v) is 9.33. The van der Waals surface area contributed by atoms with Crippen LogP contribution in [0.15, 0.2) is 40.9 Å². The normalized spacial score (nSPS) is 16.7. The largest absolute Gasteiger partial charge is 0.356 e. The van der Waals surface area contributed by atoms with E-state index in [9.17, 15) is 8.42 Å². The third-order valence-electron chi connectivity index (χ3n) is 5.40. The molecule has 0 N–H and O–H groups in total. The Kier molecular flexibility index (Phi) is 4.32. The van der Waals surface area contributed by atoms with E-state index >= 15 is 0 Å². The molecule has 0 unspecified atom stereocenters. The Hall–Kier alpha value is -2.85. The highest BCUT2D eigenvalue weighted by Gasteiger charge is 2.32. The van der Waals surface area contributed by atoms with Gasteiger partial charge >= 0.3 is 0 Å². The summed E-state index contributed by atoms with van der Waals surface area (Å²) in [5.74, 6) is 0.755. The molecule has 0 spiro atoms. The third-order valence-corrected chi connectivity index (χ3v) is 7.19. The Morgan fingerprint density at radius 3 is 2.72 bits per heavy atom. The molecule has 1 saturated heterocycles. The molecule has 29 heavy (non-hydrogen) atoms. The minimum Gasteiger partial charge on any atom is -0.356 e. The van der Waals surface area contributed by atoms with Gasteiger partial charge in [-0.25, -0.2) is 12.7 Å². The second-order valence-electron chi connectivity index (χ2n) is 7.36. The fourth-order valence-corrected chi connectivity index (χ4v) is 5.35. The number of hydrogen-bond donors (Lipinski definition) is 0. The number of benzene rings is 1. The molecule has 3 aromatic heterocycles. The molecule has 0 bridgehead atoms. The maximum absolute atomic E-state index is 12.9. The van der Waals surface area contributed by atoms with Crippen LogP contribution in [0.2, 0.25) is 0 Å². The third kappa shape index (κ3) is 3.28. The van der Waals surface area contributed by atoms with Gasteiger partial charge in [0, 0.05) is 24.4 Å². The summed E-state index contributed by atoms with van der Waals surface area (Å²) in [6, 6.07) is 11.1.